The van der Waals surface area contributed by atoms with Crippen molar-refractivity contribution in [3.05, 3.63) is 0 Å². The van der Waals surface area contributed by atoms with Crippen LogP contribution in [0.1, 0.15) is 15.2 Å². The third-order valence-corrected chi connectivity index (χ3v) is 0.556. The Kier molecular flexibility index (Phi) is 3.70. The second kappa shape index (κ2) is 5.61. The Morgan fingerprint density at radius 2 is 1.80 bits per heavy atom. The maximum absolute atomic E-state index is 7.98. The smallest absolute Gasteiger partial charge is 0.122 e. The van der Waals surface area contributed by atoms with Gasteiger partial charge in [-0.25, -0.2) is 0 Å². The molecule has 0 bridgehead atoms. The molecule has 0 rings (SSSR count). The van der Waals surface area contributed by atoms with Crippen LogP contribution in [0.3, 0.4) is 0 Å². The van der Waals surface area contributed by atoms with Gasteiger partial charge in [-0.3, -0.25) is 0 Å². The van der Waals surface area contributed by atoms with E-state index in [1.165, 1.54) is 0 Å². The Labute approximate surface area is 62.9 Å². The van der Waals surface area contributed by atoms with Crippen molar-refractivity contribution in [2.75, 3.05) is 0 Å². The van der Waals surface area contributed by atoms with Crippen molar-refractivity contribution in [1.82, 2.24) is 0 Å². The summed E-state index contributed by atoms with van der Waals surface area (Å²) in [6.45, 7) is 3.33. The summed E-state index contributed by atoms with van der Waals surface area (Å²) in [5, 5.41) is 7.98. The van der Waals surface area contributed by atoms with Crippen LogP contribution in [0.2, 0.25) is 0 Å². The average Bonchev–Trinajstić information content (AvgIpc) is 1.85. The van der Waals surface area contributed by atoms with E-state index in [0.29, 0.717) is 0 Å². The quantitative estimate of drug-likeness (QED) is 0.490. The van der Waals surface area contributed by atoms with Gasteiger partial charge < -0.3 is 5.11 Å². The summed E-state index contributed by atoms with van der Waals surface area (Å²) in [4.78, 5) is 0. The van der Waals surface area contributed by atoms with E-state index in [-0.39, 0.29) is 0 Å². The van der Waals surface area contributed by atoms with Crippen LogP contribution in [0, 0.1) is 41.6 Å². The lowest BCUT2D eigenvalue weighted by atomic mass is 10.2. The SMILES string of the molecule is [3H]C(C)(C)C#CC#CC#CO. The van der Waals surface area contributed by atoms with Crippen LogP contribution in [0.15, 0.2) is 0 Å². The van der Waals surface area contributed by atoms with Gasteiger partial charge >= 0.3 is 0 Å². The zero-order chi connectivity index (χ0) is 8.74. The molecule has 0 saturated carbocycles. The zero-order valence-electron chi connectivity index (χ0n) is 6.95. The van der Waals surface area contributed by atoms with Crippen molar-refractivity contribution in [2.45, 2.75) is 13.8 Å². The van der Waals surface area contributed by atoms with E-state index in [4.69, 9.17) is 6.48 Å². The van der Waals surface area contributed by atoms with Gasteiger partial charge in [0.25, 0.3) is 0 Å². The average molecular weight is 134 g/mol. The summed E-state index contributed by atoms with van der Waals surface area (Å²) >= 11 is 0. The van der Waals surface area contributed by atoms with E-state index in [1.807, 2.05) is 0 Å². The minimum atomic E-state index is -0.776. The lowest BCUT2D eigenvalue weighted by Crippen LogP contribution is -1.75. The molecule has 0 aliphatic heterocycles. The summed E-state index contributed by atoms with van der Waals surface area (Å²) in [7, 11) is 0. The predicted molar refractivity (Wildman–Crippen MR) is 40.1 cm³/mol. The predicted octanol–water partition coefficient (Wildman–Crippen LogP) is 0.983. The van der Waals surface area contributed by atoms with Crippen molar-refractivity contribution < 1.29 is 6.48 Å². The molecule has 0 spiro atoms. The highest BCUT2D eigenvalue weighted by atomic mass is 16.2. The molecule has 50 valence electrons. The first-order valence-corrected chi connectivity index (χ1v) is 2.72. The maximum atomic E-state index is 7.98. The highest BCUT2D eigenvalue weighted by molar-refractivity contribution is 5.34. The molecule has 0 saturated heterocycles. The summed E-state index contributed by atoms with van der Waals surface area (Å²) in [5.41, 5.74) is 0. The van der Waals surface area contributed by atoms with Gasteiger partial charge in [0.05, 0.1) is 0 Å². The molecule has 1 nitrogen and oxygen atoms in total. The summed E-state index contributed by atoms with van der Waals surface area (Å²) in [5.74, 6) is 11.0. The molecule has 0 unspecified atom stereocenters. The highest BCUT2D eigenvalue weighted by Gasteiger charge is 1.77. The Balaban J connectivity index is 4.12. The molecule has 0 aliphatic carbocycles. The monoisotopic (exact) mass is 134 g/mol. The topological polar surface area (TPSA) is 20.2 Å². The molecular formula is C9H8O. The largest absolute Gasteiger partial charge is 0.461 e. The Bertz CT molecular complexity index is 290. The molecule has 0 aliphatic rings. The van der Waals surface area contributed by atoms with Crippen LogP contribution in [-0.4, -0.2) is 5.11 Å². The van der Waals surface area contributed by atoms with Crippen molar-refractivity contribution in [1.29, 1.82) is 0 Å². The van der Waals surface area contributed by atoms with Gasteiger partial charge in [-0.15, -0.1) is 0 Å². The maximum Gasteiger partial charge on any atom is 0.122 e. The minimum Gasteiger partial charge on any atom is -0.461 e. The van der Waals surface area contributed by atoms with Crippen molar-refractivity contribution >= 4 is 0 Å². The van der Waals surface area contributed by atoms with Crippen LogP contribution in [0.5, 0.6) is 0 Å². The van der Waals surface area contributed by atoms with Gasteiger partial charge in [0.15, 0.2) is 0 Å². The zero-order valence-corrected chi connectivity index (χ0v) is 5.95. The van der Waals surface area contributed by atoms with Crippen molar-refractivity contribution in [2.24, 2.45) is 5.89 Å². The van der Waals surface area contributed by atoms with E-state index in [1.54, 1.807) is 20.0 Å². The Hall–Kier alpha value is -1.52. The molecule has 1 N–H and O–H groups in total. The fraction of sp³-hybridized carbons (Fsp3) is 0.333. The second-order valence-corrected chi connectivity index (χ2v) is 1.74. The fourth-order valence-electron chi connectivity index (χ4n) is 0.247. The van der Waals surface area contributed by atoms with E-state index in [0.717, 1.165) is 0 Å². The molecule has 1 heteroatoms. The fourth-order valence-corrected chi connectivity index (χ4v) is 0.247. The second-order valence-electron chi connectivity index (χ2n) is 1.74. The van der Waals surface area contributed by atoms with Crippen molar-refractivity contribution in [3.63, 3.8) is 0 Å². The van der Waals surface area contributed by atoms with Crippen LogP contribution in [0.4, 0.5) is 0 Å². The molecule has 0 amide bonds. The number of rotatable bonds is 0. The first-order chi connectivity index (χ1) is 5.06. The van der Waals surface area contributed by atoms with Gasteiger partial charge in [-0.2, -0.15) is 0 Å². The first kappa shape index (κ1) is 6.60. The third kappa shape index (κ3) is 6.48. The van der Waals surface area contributed by atoms with Gasteiger partial charge in [-0.05, 0) is 11.8 Å². The van der Waals surface area contributed by atoms with Gasteiger partial charge in [0.2, 0.25) is 0 Å². The molecule has 0 radical (unpaired) electrons. The van der Waals surface area contributed by atoms with Crippen LogP contribution in [-0.2, 0) is 0 Å². The molecular weight excluding hydrogens is 124 g/mol. The summed E-state index contributed by atoms with van der Waals surface area (Å²) < 4.78 is 7.29. The summed E-state index contributed by atoms with van der Waals surface area (Å²) in [6.07, 6.45) is 1.63. The van der Waals surface area contributed by atoms with Gasteiger partial charge in [-0.1, -0.05) is 19.8 Å². The minimum absolute atomic E-state index is 0.776. The van der Waals surface area contributed by atoms with E-state index in [2.05, 4.69) is 29.6 Å². The van der Waals surface area contributed by atoms with Crippen LogP contribution in [0.25, 0.3) is 0 Å². The number of aliphatic hydroxyl groups excluding tert-OH is 1. The van der Waals surface area contributed by atoms with Crippen LogP contribution >= 0.6 is 0 Å². The molecule has 0 atom stereocenters. The van der Waals surface area contributed by atoms with E-state index in [9.17, 15) is 0 Å². The van der Waals surface area contributed by atoms with Gasteiger partial charge in [0.1, 0.15) is 6.11 Å². The lowest BCUT2D eigenvalue weighted by Gasteiger charge is -1.81. The number of hydrogen-bond acceptors (Lipinski definition) is 1. The molecule has 0 aromatic carbocycles. The Morgan fingerprint density at radius 1 is 1.20 bits per heavy atom. The molecule has 10 heavy (non-hydrogen) atoms. The van der Waals surface area contributed by atoms with Gasteiger partial charge in [0, 0.05) is 19.1 Å². The normalized spacial score (nSPS) is 8.40. The molecule has 0 heterocycles. The molecule has 0 fully saturated rings. The van der Waals surface area contributed by atoms with Crippen molar-refractivity contribution in [3.8, 4) is 35.7 Å². The standard InChI is InChI=1S/C9H8O/c1-9(2)7-5-3-4-6-8-10/h9-10H,1-2H3/i9T. The lowest BCUT2D eigenvalue weighted by molar-refractivity contribution is 0.517. The van der Waals surface area contributed by atoms with E-state index >= 15 is 0 Å². The first-order valence-electron chi connectivity index (χ1n) is 3.22. The summed E-state index contributed by atoms with van der Waals surface area (Å²) in [6, 6.07) is 0. The van der Waals surface area contributed by atoms with Crippen LogP contribution < -0.4 is 0 Å². The Morgan fingerprint density at radius 3 is 2.30 bits per heavy atom. The number of aliphatic hydroxyl groups is 1. The highest BCUT2D eigenvalue weighted by Crippen LogP contribution is 1.83. The number of hydrogen-bond donors (Lipinski definition) is 1. The molecule has 0 aromatic heterocycles. The third-order valence-electron chi connectivity index (χ3n) is 0.556. The van der Waals surface area contributed by atoms with E-state index < -0.39 is 5.89 Å². The molecule has 0 aromatic rings.